The van der Waals surface area contributed by atoms with Gasteiger partial charge in [0, 0.05) is 0 Å². The molecule has 0 radical (unpaired) electrons. The first kappa shape index (κ1) is 35.1. The molecule has 0 amide bonds. The molecule has 0 spiro atoms. The predicted octanol–water partition coefficient (Wildman–Crippen LogP) is 1.61. The molecular formula is C32H48Cl2Hf2N2Si2. The van der Waals surface area contributed by atoms with Crippen LogP contribution >= 0.6 is 0 Å². The van der Waals surface area contributed by atoms with E-state index >= 15 is 0 Å². The van der Waals surface area contributed by atoms with Gasteiger partial charge in [-0.25, -0.2) is 0 Å². The van der Waals surface area contributed by atoms with Crippen LogP contribution in [0.1, 0.15) is 81.0 Å². The van der Waals surface area contributed by atoms with Gasteiger partial charge in [-0.3, -0.25) is 0 Å². The van der Waals surface area contributed by atoms with Gasteiger partial charge in [-0.15, -0.1) is 0 Å². The van der Waals surface area contributed by atoms with Crippen LogP contribution in [0.25, 0.3) is 12.2 Å². The van der Waals surface area contributed by atoms with Crippen LogP contribution in [-0.2, 0) is 41.8 Å². The van der Waals surface area contributed by atoms with Gasteiger partial charge < -0.3 is 24.8 Å². The van der Waals surface area contributed by atoms with Gasteiger partial charge in [-0.1, -0.05) is 0 Å². The summed E-state index contributed by atoms with van der Waals surface area (Å²) in [6.45, 7) is 10.3. The first-order valence-corrected chi connectivity index (χ1v) is 41.3. The van der Waals surface area contributed by atoms with Crippen LogP contribution in [0.15, 0.2) is 60.7 Å². The number of allylic oxidation sites excluding steroid dienone is 2. The fraction of sp³-hybridized carbons (Fsp3) is 0.500. The zero-order valence-corrected chi connectivity index (χ0v) is 35.8. The normalized spacial score (nSPS) is 21.1. The number of halogens is 2. The predicted molar refractivity (Wildman–Crippen MR) is 165 cm³/mol. The van der Waals surface area contributed by atoms with Crippen molar-refractivity contribution in [3.05, 3.63) is 82.9 Å². The van der Waals surface area contributed by atoms with E-state index < -0.39 is 53.8 Å². The summed E-state index contributed by atoms with van der Waals surface area (Å²) in [5, 5.41) is 0. The van der Waals surface area contributed by atoms with E-state index in [2.05, 4.69) is 106 Å². The quantitative estimate of drug-likeness (QED) is 0.394. The second-order valence-electron chi connectivity index (χ2n) is 12.4. The topological polar surface area (TPSA) is 24.1 Å². The van der Waals surface area contributed by atoms with Gasteiger partial charge >= 0.3 is 252 Å². The van der Waals surface area contributed by atoms with Crippen molar-refractivity contribution in [2.75, 3.05) is 0 Å². The molecule has 6 rings (SSSR count). The molecule has 2 aromatic rings. The molecule has 2 N–H and O–H groups in total. The summed E-state index contributed by atoms with van der Waals surface area (Å²) in [7, 11) is 0. The summed E-state index contributed by atoms with van der Waals surface area (Å²) in [5.41, 5.74) is 6.24. The van der Waals surface area contributed by atoms with E-state index in [1.54, 1.807) is 11.1 Å². The van der Waals surface area contributed by atoms with Crippen LogP contribution in [-0.4, -0.2) is 24.1 Å². The van der Waals surface area contributed by atoms with Crippen molar-refractivity contribution < 1.29 is 66.6 Å². The van der Waals surface area contributed by atoms with Crippen LogP contribution in [0, 0.1) is 0 Å². The zero-order chi connectivity index (χ0) is 26.5. The fourth-order valence-electron chi connectivity index (χ4n) is 6.88. The van der Waals surface area contributed by atoms with Crippen molar-refractivity contribution in [1.82, 2.24) is 6.61 Å². The number of nitrogens with one attached hydrogen (secondary N) is 2. The molecule has 4 aliphatic rings. The Bertz CT molecular complexity index is 1030. The van der Waals surface area contributed by atoms with Crippen molar-refractivity contribution in [3.63, 3.8) is 0 Å². The third-order valence-corrected chi connectivity index (χ3v) is 60.6. The van der Waals surface area contributed by atoms with Crippen LogP contribution in [0.2, 0.25) is 26.2 Å². The molecule has 0 aromatic heterocycles. The molecule has 2 nitrogen and oxygen atoms in total. The van der Waals surface area contributed by atoms with E-state index in [9.17, 15) is 0 Å². The van der Waals surface area contributed by atoms with Crippen LogP contribution in [0.5, 0.6) is 0 Å². The fourth-order valence-corrected chi connectivity index (χ4v) is 53.5. The molecule has 0 saturated heterocycles. The summed E-state index contributed by atoms with van der Waals surface area (Å²) in [4.78, 5) is 0. The van der Waals surface area contributed by atoms with Gasteiger partial charge in [0.1, 0.15) is 0 Å². The Morgan fingerprint density at radius 3 is 1.27 bits per heavy atom. The van der Waals surface area contributed by atoms with E-state index in [1.165, 1.54) is 62.5 Å². The first-order chi connectivity index (χ1) is 18.5. The van der Waals surface area contributed by atoms with Crippen molar-refractivity contribution in [1.29, 1.82) is 0 Å². The number of rotatable bonds is 8. The minimum absolute atomic E-state index is 0. The second-order valence-corrected chi connectivity index (χ2v) is 65.2. The molecule has 0 aliphatic heterocycles. The molecule has 0 bridgehead atoms. The number of hydrogen-bond donors (Lipinski definition) is 2. The third-order valence-electron chi connectivity index (χ3n) is 8.96. The summed E-state index contributed by atoms with van der Waals surface area (Å²) < 4.78 is 10.1. The molecular weight excluding hydrogens is 896 g/mol. The Balaban J connectivity index is 0.000000210. The largest absolute Gasteiger partial charge is 1.00 e. The van der Waals surface area contributed by atoms with Gasteiger partial charge in [0.2, 0.25) is 0 Å². The maximum Gasteiger partial charge on any atom is -1.00 e. The first-order valence-electron chi connectivity index (χ1n) is 15.3. The Labute approximate surface area is 274 Å². The Morgan fingerprint density at radius 1 is 0.575 bits per heavy atom. The minimum atomic E-state index is -1.68. The second kappa shape index (κ2) is 17.2. The SMILES string of the molecule is C[SiH](C)[Hf+]([NH]C1CCCC1)[CH]1C=Cc2ccccc21.C[SiH](C)[Hf+]([NH]C1CCCC1)[CH]1C=Cc2ccccc21.[Cl-].[Cl-]. The standard InChI is InChI=1S/2C9H7.2C5H10N.2C2H7Si.2ClH.2Hf/c2*1-2-5-9-7-3-6-8(9)4-1;2*6-5-3-1-2-4-5;2*1-3-2;;;;/h2*1-7H;2*5-6H,1-4H2;2*3H,1-2H3;2*1H;;/q;;2*-1;;;;;2*+2/p-2. The molecule has 216 valence electrons. The van der Waals surface area contributed by atoms with Crippen LogP contribution < -0.4 is 31.4 Å². The van der Waals surface area contributed by atoms with Crippen molar-refractivity contribution in [2.45, 2.75) is 97.0 Å². The molecule has 2 atom stereocenters. The van der Waals surface area contributed by atoms with Crippen molar-refractivity contribution in [2.24, 2.45) is 0 Å². The minimum Gasteiger partial charge on any atom is -1.00 e. The maximum atomic E-state index is 4.22. The van der Waals surface area contributed by atoms with Crippen LogP contribution in [0.4, 0.5) is 0 Å². The van der Waals surface area contributed by atoms with E-state index in [0.717, 1.165) is 19.4 Å². The van der Waals surface area contributed by atoms with Crippen LogP contribution in [0.3, 0.4) is 0 Å². The number of benzene rings is 2. The number of hydrogen-bond acceptors (Lipinski definition) is 2. The molecule has 0 heterocycles. The summed E-state index contributed by atoms with van der Waals surface area (Å²) >= 11 is -3.36. The summed E-state index contributed by atoms with van der Waals surface area (Å²) in [5.74, 6) is -1.01. The molecule has 4 aliphatic carbocycles. The van der Waals surface area contributed by atoms with E-state index in [4.69, 9.17) is 0 Å². The number of fused-ring (bicyclic) bond motifs is 2. The van der Waals surface area contributed by atoms with Gasteiger partial charge in [0.15, 0.2) is 0 Å². The van der Waals surface area contributed by atoms with Crippen molar-refractivity contribution in [3.8, 4) is 0 Å². The van der Waals surface area contributed by atoms with Crippen molar-refractivity contribution >= 4 is 24.1 Å². The molecule has 8 heteroatoms. The van der Waals surface area contributed by atoms with Gasteiger partial charge in [0.25, 0.3) is 0 Å². The maximum absolute atomic E-state index is 4.22. The smallest absolute Gasteiger partial charge is 1.00 e. The summed E-state index contributed by atoms with van der Waals surface area (Å²) in [6.07, 6.45) is 21.4. The van der Waals surface area contributed by atoms with E-state index in [0.29, 0.717) is 0 Å². The van der Waals surface area contributed by atoms with E-state index in [1.807, 2.05) is 0 Å². The Hall–Kier alpha value is 0.594. The van der Waals surface area contributed by atoms with E-state index in [-0.39, 0.29) is 24.8 Å². The Kier molecular flexibility index (Phi) is 15.1. The summed E-state index contributed by atoms with van der Waals surface area (Å²) in [6, 6.07) is 19.9. The molecule has 2 aromatic carbocycles. The monoisotopic (exact) mass is 946 g/mol. The average Bonchev–Trinajstić information content (AvgIpc) is 3.73. The zero-order valence-electron chi connectivity index (χ0n) is 24.8. The van der Waals surface area contributed by atoms with Gasteiger partial charge in [-0.2, -0.15) is 0 Å². The molecule has 2 fully saturated rings. The molecule has 2 unspecified atom stereocenters. The average molecular weight is 945 g/mol. The third kappa shape index (κ3) is 8.83. The van der Waals surface area contributed by atoms with Gasteiger partial charge in [0.05, 0.1) is 0 Å². The van der Waals surface area contributed by atoms with Gasteiger partial charge in [-0.05, 0) is 0 Å². The Morgan fingerprint density at radius 2 is 0.925 bits per heavy atom. The molecule has 2 saturated carbocycles. The molecule has 40 heavy (non-hydrogen) atoms.